The summed E-state index contributed by atoms with van der Waals surface area (Å²) in [4.78, 5) is 16.6. The fourth-order valence-electron chi connectivity index (χ4n) is 3.80. The number of carbonyl (C=O) groups excluding carboxylic acids is 1. The van der Waals surface area contributed by atoms with Gasteiger partial charge >= 0.3 is 0 Å². The minimum atomic E-state index is -0.00273. The molecule has 1 atom stereocenters. The molecule has 0 aliphatic carbocycles. The molecule has 1 amide bonds. The van der Waals surface area contributed by atoms with Crippen LogP contribution in [0.3, 0.4) is 0 Å². The number of hydrogen-bond acceptors (Lipinski definition) is 4. The van der Waals surface area contributed by atoms with Crippen molar-refractivity contribution in [1.29, 1.82) is 0 Å². The molecule has 2 aliphatic heterocycles. The number of amides is 1. The number of benzene rings is 1. The predicted molar refractivity (Wildman–Crippen MR) is 103 cm³/mol. The molecule has 6 nitrogen and oxygen atoms in total. The molecular formula is C20H27N3O3S+2. The molecule has 3 heterocycles. The minimum Gasteiger partial charge on any atom is -0.454 e. The first-order valence-corrected chi connectivity index (χ1v) is 10.4. The summed E-state index contributed by atoms with van der Waals surface area (Å²) < 4.78 is 10.9. The van der Waals surface area contributed by atoms with Crippen molar-refractivity contribution in [2.45, 2.75) is 26.1 Å². The van der Waals surface area contributed by atoms with Crippen LogP contribution in [0.1, 0.15) is 17.4 Å². The van der Waals surface area contributed by atoms with Crippen LogP contribution in [0.15, 0.2) is 35.7 Å². The zero-order chi connectivity index (χ0) is 18.6. The number of hydrogen-bond donors (Lipinski definition) is 3. The van der Waals surface area contributed by atoms with Gasteiger partial charge in [-0.05, 0) is 36.6 Å². The Morgan fingerprint density at radius 2 is 2.00 bits per heavy atom. The predicted octanol–water partition coefficient (Wildman–Crippen LogP) is -0.535. The van der Waals surface area contributed by atoms with E-state index in [2.05, 4.69) is 23.5 Å². The Kier molecular flexibility index (Phi) is 5.61. The van der Waals surface area contributed by atoms with E-state index in [1.54, 1.807) is 16.2 Å². The first kappa shape index (κ1) is 18.3. The van der Waals surface area contributed by atoms with Gasteiger partial charge in [0.15, 0.2) is 17.5 Å². The number of thiophene rings is 1. The first-order chi connectivity index (χ1) is 13.2. The summed E-state index contributed by atoms with van der Waals surface area (Å²) in [5.41, 5.74) is 1.28. The molecule has 4 rings (SSSR count). The number of ether oxygens (including phenoxy) is 2. The number of fused-ring (bicyclic) bond motifs is 1. The monoisotopic (exact) mass is 389 g/mol. The quantitative estimate of drug-likeness (QED) is 0.622. The molecule has 1 aromatic carbocycles. The Morgan fingerprint density at radius 3 is 2.78 bits per heavy atom. The fourth-order valence-corrected chi connectivity index (χ4v) is 4.44. The molecule has 1 saturated heterocycles. The van der Waals surface area contributed by atoms with E-state index in [9.17, 15) is 4.79 Å². The summed E-state index contributed by atoms with van der Waals surface area (Å²) in [7, 11) is 0. The number of rotatable bonds is 6. The molecule has 144 valence electrons. The van der Waals surface area contributed by atoms with Gasteiger partial charge in [0.1, 0.15) is 32.7 Å². The third-order valence-corrected chi connectivity index (χ3v) is 6.39. The van der Waals surface area contributed by atoms with Crippen molar-refractivity contribution in [1.82, 2.24) is 5.32 Å². The van der Waals surface area contributed by atoms with E-state index in [1.165, 1.54) is 15.3 Å². The zero-order valence-corrected chi connectivity index (χ0v) is 16.4. The van der Waals surface area contributed by atoms with Gasteiger partial charge in [-0.3, -0.25) is 4.79 Å². The van der Waals surface area contributed by atoms with Gasteiger partial charge < -0.3 is 24.6 Å². The molecule has 0 unspecified atom stereocenters. The second kappa shape index (κ2) is 8.29. The summed E-state index contributed by atoms with van der Waals surface area (Å²) >= 11 is 1.68. The van der Waals surface area contributed by atoms with Gasteiger partial charge in [0, 0.05) is 10.4 Å². The first-order valence-electron chi connectivity index (χ1n) is 9.56. The Balaban J connectivity index is 1.24. The van der Waals surface area contributed by atoms with E-state index in [-0.39, 0.29) is 11.9 Å². The van der Waals surface area contributed by atoms with Gasteiger partial charge in [0.25, 0.3) is 5.91 Å². The maximum Gasteiger partial charge on any atom is 0.278 e. The average molecular weight is 390 g/mol. The van der Waals surface area contributed by atoms with E-state index < -0.39 is 0 Å². The van der Waals surface area contributed by atoms with Gasteiger partial charge in [-0.15, -0.1) is 11.3 Å². The Bertz CT molecular complexity index is 773. The lowest BCUT2D eigenvalue weighted by Crippen LogP contribution is -3.29. The van der Waals surface area contributed by atoms with Crippen LogP contribution in [0.2, 0.25) is 0 Å². The van der Waals surface area contributed by atoms with Crippen LogP contribution < -0.4 is 24.6 Å². The SMILES string of the molecule is C[C@@H](C(=O)NCc1cccs1)[NH+]1CC[NH+](Cc2ccc3c(c2)OCO3)CC1. The fraction of sp³-hybridized carbons (Fsp3) is 0.450. The number of quaternary nitrogens is 2. The minimum absolute atomic E-state index is 0.00273. The summed E-state index contributed by atoms with van der Waals surface area (Å²) in [6.45, 7) is 8.18. The van der Waals surface area contributed by atoms with Crippen LogP contribution in [-0.4, -0.2) is 44.9 Å². The highest BCUT2D eigenvalue weighted by molar-refractivity contribution is 7.09. The van der Waals surface area contributed by atoms with Crippen molar-refractivity contribution in [3.05, 3.63) is 46.2 Å². The van der Waals surface area contributed by atoms with Crippen molar-refractivity contribution in [2.24, 2.45) is 0 Å². The number of carbonyl (C=O) groups is 1. The zero-order valence-electron chi connectivity index (χ0n) is 15.6. The summed E-state index contributed by atoms with van der Waals surface area (Å²) in [6.07, 6.45) is 0. The lowest BCUT2D eigenvalue weighted by atomic mass is 10.1. The van der Waals surface area contributed by atoms with E-state index >= 15 is 0 Å². The highest BCUT2D eigenvalue weighted by Crippen LogP contribution is 2.32. The molecule has 7 heteroatoms. The topological polar surface area (TPSA) is 56.4 Å². The van der Waals surface area contributed by atoms with E-state index in [1.807, 2.05) is 24.4 Å². The standard InChI is InChI=1S/C20H25N3O3S/c1-15(20(24)21-12-17-3-2-10-27-17)23-8-6-22(7-9-23)13-16-4-5-18-19(11-16)26-14-25-18/h2-5,10-11,15H,6-9,12-14H2,1H3,(H,21,24)/p+2/t15-/m0/s1. The second-order valence-electron chi connectivity index (χ2n) is 7.29. The molecular weight excluding hydrogens is 362 g/mol. The Morgan fingerprint density at radius 1 is 1.19 bits per heavy atom. The highest BCUT2D eigenvalue weighted by Gasteiger charge is 2.31. The van der Waals surface area contributed by atoms with Gasteiger partial charge in [0.05, 0.1) is 6.54 Å². The van der Waals surface area contributed by atoms with E-state index in [4.69, 9.17) is 9.47 Å². The van der Waals surface area contributed by atoms with Gasteiger partial charge in [-0.2, -0.15) is 0 Å². The summed E-state index contributed by atoms with van der Waals surface area (Å²) in [5, 5.41) is 5.12. The maximum absolute atomic E-state index is 12.5. The van der Waals surface area contributed by atoms with Crippen molar-refractivity contribution in [2.75, 3.05) is 33.0 Å². The molecule has 3 N–H and O–H groups in total. The molecule has 0 saturated carbocycles. The number of piperazine rings is 1. The van der Waals surface area contributed by atoms with Crippen LogP contribution >= 0.6 is 11.3 Å². The van der Waals surface area contributed by atoms with Gasteiger partial charge in [-0.1, -0.05) is 6.07 Å². The molecule has 0 bridgehead atoms. The van der Waals surface area contributed by atoms with Crippen molar-refractivity contribution >= 4 is 17.2 Å². The third-order valence-electron chi connectivity index (χ3n) is 5.51. The largest absolute Gasteiger partial charge is 0.454 e. The molecule has 1 aromatic heterocycles. The molecule has 1 fully saturated rings. The van der Waals surface area contributed by atoms with Crippen molar-refractivity contribution in [3.63, 3.8) is 0 Å². The van der Waals surface area contributed by atoms with Crippen LogP contribution in [0, 0.1) is 0 Å². The summed E-state index contributed by atoms with van der Waals surface area (Å²) in [5.74, 6) is 1.84. The Labute approximate surface area is 163 Å². The molecule has 0 radical (unpaired) electrons. The Hall–Kier alpha value is -2.09. The smallest absolute Gasteiger partial charge is 0.278 e. The van der Waals surface area contributed by atoms with E-state index in [0.29, 0.717) is 13.3 Å². The maximum atomic E-state index is 12.5. The third kappa shape index (κ3) is 4.43. The van der Waals surface area contributed by atoms with Crippen LogP contribution in [0.4, 0.5) is 0 Å². The normalized spacial score (nSPS) is 22.4. The highest BCUT2D eigenvalue weighted by atomic mass is 32.1. The summed E-state index contributed by atoms with van der Waals surface area (Å²) in [6, 6.07) is 10.3. The van der Waals surface area contributed by atoms with Gasteiger partial charge in [0.2, 0.25) is 6.79 Å². The van der Waals surface area contributed by atoms with Gasteiger partial charge in [-0.25, -0.2) is 0 Å². The van der Waals surface area contributed by atoms with Crippen LogP contribution in [0.5, 0.6) is 11.5 Å². The average Bonchev–Trinajstić information content (AvgIpc) is 3.37. The lowest BCUT2D eigenvalue weighted by molar-refractivity contribution is -1.02. The molecule has 27 heavy (non-hydrogen) atoms. The molecule has 2 aromatic rings. The van der Waals surface area contributed by atoms with Crippen molar-refractivity contribution in [3.8, 4) is 11.5 Å². The van der Waals surface area contributed by atoms with Crippen LogP contribution in [-0.2, 0) is 17.9 Å². The molecule has 2 aliphatic rings. The lowest BCUT2D eigenvalue weighted by Gasteiger charge is -2.32. The second-order valence-corrected chi connectivity index (χ2v) is 8.32. The van der Waals surface area contributed by atoms with Crippen molar-refractivity contribution < 1.29 is 24.1 Å². The number of nitrogens with one attached hydrogen (secondary N) is 3. The molecule has 0 spiro atoms. The van der Waals surface area contributed by atoms with Crippen LogP contribution in [0.25, 0.3) is 0 Å². The van der Waals surface area contributed by atoms with E-state index in [0.717, 1.165) is 44.2 Å².